The molecule has 0 saturated carbocycles. The molecule has 2 rings (SSSR count). The fraction of sp³-hybridized carbons (Fsp3) is 0.375. The Labute approximate surface area is 158 Å². The highest BCUT2D eigenvalue weighted by Gasteiger charge is 2.05. The van der Waals surface area contributed by atoms with Crippen molar-refractivity contribution < 1.29 is 13.6 Å². The third-order valence-electron chi connectivity index (χ3n) is 3.13. The number of nitrogens with one attached hydrogen (secondary N) is 2. The molecule has 0 aliphatic rings. The lowest BCUT2D eigenvalue weighted by Gasteiger charge is -2.12. The maximum atomic E-state index is 11.7. The van der Waals surface area contributed by atoms with Gasteiger partial charge in [-0.2, -0.15) is 0 Å². The highest BCUT2D eigenvalue weighted by Crippen LogP contribution is 2.00. The van der Waals surface area contributed by atoms with E-state index in [9.17, 15) is 4.79 Å². The van der Waals surface area contributed by atoms with Crippen LogP contribution < -0.4 is 10.6 Å². The number of halogens is 1. The Hall–Kier alpha value is -1.97. The number of carbonyl (C=O) groups is 1. The van der Waals surface area contributed by atoms with E-state index in [0.29, 0.717) is 19.0 Å². The molecule has 7 nitrogen and oxygen atoms in total. The zero-order chi connectivity index (χ0) is 16.5. The molecule has 8 heteroatoms. The van der Waals surface area contributed by atoms with Gasteiger partial charge in [-0.1, -0.05) is 0 Å². The molecule has 0 fully saturated rings. The van der Waals surface area contributed by atoms with Crippen LogP contribution in [0, 0.1) is 0 Å². The summed E-state index contributed by atoms with van der Waals surface area (Å²) >= 11 is 0. The van der Waals surface area contributed by atoms with Gasteiger partial charge in [0.2, 0.25) is 5.91 Å². The topological polar surface area (TPSA) is 83.0 Å². The molecule has 2 N–H and O–H groups in total. The predicted molar refractivity (Wildman–Crippen MR) is 102 cm³/mol. The van der Waals surface area contributed by atoms with Gasteiger partial charge >= 0.3 is 0 Å². The molecule has 0 radical (unpaired) electrons. The number of hydrogen-bond donors (Lipinski definition) is 2. The first-order chi connectivity index (χ1) is 11.1. The number of nitrogens with zero attached hydrogens (tertiary/aromatic N) is 2. The van der Waals surface area contributed by atoms with Gasteiger partial charge in [0.1, 0.15) is 18.1 Å². The Morgan fingerprint density at radius 1 is 1.12 bits per heavy atom. The quantitative estimate of drug-likeness (QED) is 0.386. The Morgan fingerprint density at radius 2 is 1.79 bits per heavy atom. The highest BCUT2D eigenvalue weighted by atomic mass is 127. The largest absolute Gasteiger partial charge is 0.469 e. The van der Waals surface area contributed by atoms with Crippen molar-refractivity contribution >= 4 is 35.8 Å². The molecule has 0 aromatic carbocycles. The fourth-order valence-electron chi connectivity index (χ4n) is 1.81. The summed E-state index contributed by atoms with van der Waals surface area (Å²) < 4.78 is 10.6. The van der Waals surface area contributed by atoms with Crippen molar-refractivity contribution in [2.75, 3.05) is 27.2 Å². The third-order valence-corrected chi connectivity index (χ3v) is 3.13. The van der Waals surface area contributed by atoms with E-state index in [4.69, 9.17) is 8.83 Å². The number of hydrogen-bond acceptors (Lipinski definition) is 4. The summed E-state index contributed by atoms with van der Waals surface area (Å²) in [7, 11) is 3.41. The molecule has 0 spiro atoms. The summed E-state index contributed by atoms with van der Waals surface area (Å²) in [5.41, 5.74) is 0. The number of likely N-dealkylation sites (N-methyl/N-ethyl adjacent to an activating group) is 1. The molecule has 0 unspecified atom stereocenters. The molecule has 24 heavy (non-hydrogen) atoms. The monoisotopic (exact) mass is 446 g/mol. The van der Waals surface area contributed by atoms with Gasteiger partial charge in [-0.25, -0.2) is 4.99 Å². The fourth-order valence-corrected chi connectivity index (χ4v) is 1.81. The van der Waals surface area contributed by atoms with E-state index < -0.39 is 0 Å². The molecule has 0 aliphatic carbocycles. The van der Waals surface area contributed by atoms with Crippen LogP contribution in [0.25, 0.3) is 0 Å². The van der Waals surface area contributed by atoms with Gasteiger partial charge in [0.05, 0.1) is 19.1 Å². The van der Waals surface area contributed by atoms with Crippen LogP contribution in [0.4, 0.5) is 0 Å². The molecule has 2 aromatic heterocycles. The van der Waals surface area contributed by atoms with E-state index in [1.165, 1.54) is 4.90 Å². The van der Waals surface area contributed by atoms with Gasteiger partial charge in [-0.05, 0) is 24.3 Å². The first-order valence-electron chi connectivity index (χ1n) is 7.42. The molecule has 0 bridgehead atoms. The summed E-state index contributed by atoms with van der Waals surface area (Å²) in [5, 5.41) is 6.32. The SMILES string of the molecule is CN(C)C(=O)CN=C(NCCc1ccco1)NCc1ccco1.I. The first kappa shape index (κ1) is 20.1. The second kappa shape index (κ2) is 10.7. The van der Waals surface area contributed by atoms with E-state index in [1.54, 1.807) is 26.6 Å². The Morgan fingerprint density at radius 3 is 2.38 bits per heavy atom. The minimum Gasteiger partial charge on any atom is -0.469 e. The second-order valence-electron chi connectivity index (χ2n) is 5.14. The van der Waals surface area contributed by atoms with Gasteiger partial charge in [-0.15, -0.1) is 24.0 Å². The molecule has 0 atom stereocenters. The molecule has 0 aliphatic heterocycles. The van der Waals surface area contributed by atoms with Crippen LogP contribution in [0.1, 0.15) is 11.5 Å². The van der Waals surface area contributed by atoms with Crippen molar-refractivity contribution in [1.82, 2.24) is 15.5 Å². The van der Waals surface area contributed by atoms with Crippen molar-refractivity contribution in [1.29, 1.82) is 0 Å². The van der Waals surface area contributed by atoms with Crippen LogP contribution in [-0.2, 0) is 17.8 Å². The summed E-state index contributed by atoms with van der Waals surface area (Å²) in [5.74, 6) is 2.19. The normalized spacial score (nSPS) is 10.8. The molecule has 2 aromatic rings. The first-order valence-corrected chi connectivity index (χ1v) is 7.42. The lowest BCUT2D eigenvalue weighted by molar-refractivity contribution is -0.127. The summed E-state index contributed by atoms with van der Waals surface area (Å²) in [4.78, 5) is 17.5. The van der Waals surface area contributed by atoms with Crippen LogP contribution in [0.3, 0.4) is 0 Å². The average molecular weight is 446 g/mol. The van der Waals surface area contributed by atoms with E-state index in [1.807, 2.05) is 24.3 Å². The van der Waals surface area contributed by atoms with Gasteiger partial charge < -0.3 is 24.4 Å². The molecule has 132 valence electrons. The minimum absolute atomic E-state index is 0. The summed E-state index contributed by atoms with van der Waals surface area (Å²) in [6.45, 7) is 1.23. The third kappa shape index (κ3) is 7.07. The second-order valence-corrected chi connectivity index (χ2v) is 5.14. The summed E-state index contributed by atoms with van der Waals surface area (Å²) in [6.07, 6.45) is 4.00. The van der Waals surface area contributed by atoms with Crippen LogP contribution in [0.15, 0.2) is 50.6 Å². The Kier molecular flexibility index (Phi) is 8.98. The van der Waals surface area contributed by atoms with Gasteiger partial charge in [0, 0.05) is 27.1 Å². The van der Waals surface area contributed by atoms with Crippen molar-refractivity contribution in [2.45, 2.75) is 13.0 Å². The zero-order valence-electron chi connectivity index (χ0n) is 13.8. The predicted octanol–water partition coefficient (Wildman–Crippen LogP) is 1.86. The van der Waals surface area contributed by atoms with E-state index in [-0.39, 0.29) is 36.4 Å². The number of guanidine groups is 1. The van der Waals surface area contributed by atoms with Crippen LogP contribution in [0.2, 0.25) is 0 Å². The van der Waals surface area contributed by atoms with Gasteiger partial charge in [0.15, 0.2) is 5.96 Å². The summed E-state index contributed by atoms with van der Waals surface area (Å²) in [6, 6.07) is 7.48. The van der Waals surface area contributed by atoms with E-state index in [0.717, 1.165) is 17.9 Å². The number of furan rings is 2. The molecular weight excluding hydrogens is 423 g/mol. The number of rotatable bonds is 7. The number of aliphatic imine (C=N–C) groups is 1. The molecule has 0 saturated heterocycles. The minimum atomic E-state index is -0.0601. The average Bonchev–Trinajstić information content (AvgIpc) is 3.22. The molecular formula is C16H23IN4O3. The van der Waals surface area contributed by atoms with Gasteiger partial charge in [0.25, 0.3) is 0 Å². The van der Waals surface area contributed by atoms with Crippen LogP contribution >= 0.6 is 24.0 Å². The molecule has 2 heterocycles. The van der Waals surface area contributed by atoms with Crippen LogP contribution in [0.5, 0.6) is 0 Å². The number of amides is 1. The van der Waals surface area contributed by atoms with Crippen molar-refractivity contribution in [3.8, 4) is 0 Å². The van der Waals surface area contributed by atoms with E-state index >= 15 is 0 Å². The zero-order valence-corrected chi connectivity index (χ0v) is 16.2. The lowest BCUT2D eigenvalue weighted by Crippen LogP contribution is -2.39. The Balaban J connectivity index is 0.00000288. The lowest BCUT2D eigenvalue weighted by atomic mass is 10.3. The smallest absolute Gasteiger partial charge is 0.243 e. The maximum absolute atomic E-state index is 11.7. The van der Waals surface area contributed by atoms with Crippen molar-refractivity contribution in [3.63, 3.8) is 0 Å². The highest BCUT2D eigenvalue weighted by molar-refractivity contribution is 14.0. The number of carbonyl (C=O) groups excluding carboxylic acids is 1. The van der Waals surface area contributed by atoms with Crippen molar-refractivity contribution in [2.24, 2.45) is 4.99 Å². The van der Waals surface area contributed by atoms with Crippen LogP contribution in [-0.4, -0.2) is 44.0 Å². The Bertz CT molecular complexity index is 609. The van der Waals surface area contributed by atoms with Crippen molar-refractivity contribution in [3.05, 3.63) is 48.3 Å². The maximum Gasteiger partial charge on any atom is 0.243 e. The standard InChI is InChI=1S/C16H22N4O3.HI/c1-20(2)15(21)12-19-16(18-11-14-6-4-10-23-14)17-8-7-13-5-3-9-22-13;/h3-6,9-10H,7-8,11-12H2,1-2H3,(H2,17,18,19);1H. The van der Waals surface area contributed by atoms with Gasteiger partial charge in [-0.3, -0.25) is 4.79 Å². The van der Waals surface area contributed by atoms with E-state index in [2.05, 4.69) is 15.6 Å². The molecule has 1 amide bonds.